The standard InChI is InChI=1S/C15H18N2O3/c1-17-9-11(8-16-17)6-7-12(18)15-10-19-13-4-2-3-5-14(13)20-15/h2-5,8-9,12,15,18H,6-7,10H2,1H3. The smallest absolute Gasteiger partial charge is 0.161 e. The highest BCUT2D eigenvalue weighted by Crippen LogP contribution is 2.32. The van der Waals surface area contributed by atoms with Crippen LogP contribution in [0.5, 0.6) is 11.5 Å². The minimum Gasteiger partial charge on any atom is -0.486 e. The summed E-state index contributed by atoms with van der Waals surface area (Å²) in [6.07, 6.45) is 4.31. The number of aryl methyl sites for hydroxylation is 2. The maximum atomic E-state index is 10.2. The van der Waals surface area contributed by atoms with Crippen molar-refractivity contribution in [2.45, 2.75) is 25.0 Å². The second kappa shape index (κ2) is 5.54. The first-order valence-electron chi connectivity index (χ1n) is 6.76. The summed E-state index contributed by atoms with van der Waals surface area (Å²) in [6, 6.07) is 7.52. The molecule has 1 aliphatic rings. The van der Waals surface area contributed by atoms with Gasteiger partial charge in [0.25, 0.3) is 0 Å². The Morgan fingerprint density at radius 1 is 1.40 bits per heavy atom. The van der Waals surface area contributed by atoms with Gasteiger partial charge in [-0.25, -0.2) is 0 Å². The molecule has 1 N–H and O–H groups in total. The molecule has 0 amide bonds. The van der Waals surface area contributed by atoms with Crippen molar-refractivity contribution in [3.63, 3.8) is 0 Å². The third-order valence-corrected chi connectivity index (χ3v) is 3.45. The van der Waals surface area contributed by atoms with Crippen molar-refractivity contribution in [1.29, 1.82) is 0 Å². The molecule has 0 aliphatic carbocycles. The lowest BCUT2D eigenvalue weighted by atomic mass is 10.1. The van der Waals surface area contributed by atoms with Crippen LogP contribution in [0.1, 0.15) is 12.0 Å². The molecule has 0 radical (unpaired) electrons. The molecule has 3 rings (SSSR count). The molecule has 1 aromatic carbocycles. The number of hydrogen-bond donors (Lipinski definition) is 1. The molecule has 106 valence electrons. The number of fused-ring (bicyclic) bond motifs is 1. The van der Waals surface area contributed by atoms with Gasteiger partial charge in [0, 0.05) is 13.2 Å². The van der Waals surface area contributed by atoms with Crippen molar-refractivity contribution < 1.29 is 14.6 Å². The predicted octanol–water partition coefficient (Wildman–Crippen LogP) is 1.55. The number of hydrogen-bond acceptors (Lipinski definition) is 4. The Balaban J connectivity index is 1.57. The molecule has 1 aliphatic heterocycles. The molecule has 20 heavy (non-hydrogen) atoms. The van der Waals surface area contributed by atoms with Crippen LogP contribution in [-0.4, -0.2) is 33.7 Å². The van der Waals surface area contributed by atoms with Crippen molar-refractivity contribution >= 4 is 0 Å². The van der Waals surface area contributed by atoms with E-state index in [-0.39, 0.29) is 6.10 Å². The molecule has 0 saturated carbocycles. The monoisotopic (exact) mass is 274 g/mol. The van der Waals surface area contributed by atoms with Gasteiger partial charge in [0.1, 0.15) is 6.61 Å². The Morgan fingerprint density at radius 2 is 2.20 bits per heavy atom. The van der Waals surface area contributed by atoms with Crippen LogP contribution >= 0.6 is 0 Å². The van der Waals surface area contributed by atoms with Crippen LogP contribution in [0.15, 0.2) is 36.7 Å². The van der Waals surface area contributed by atoms with Gasteiger partial charge in [0.15, 0.2) is 17.6 Å². The zero-order valence-corrected chi connectivity index (χ0v) is 11.4. The van der Waals surface area contributed by atoms with E-state index in [0.29, 0.717) is 18.8 Å². The summed E-state index contributed by atoms with van der Waals surface area (Å²) in [6.45, 7) is 0.380. The van der Waals surface area contributed by atoms with Crippen LogP contribution in [0.3, 0.4) is 0 Å². The van der Waals surface area contributed by atoms with Gasteiger partial charge in [0.05, 0.1) is 12.3 Å². The molecule has 2 aromatic rings. The number of nitrogens with zero attached hydrogens (tertiary/aromatic N) is 2. The molecular formula is C15H18N2O3. The van der Waals surface area contributed by atoms with Gasteiger partial charge < -0.3 is 14.6 Å². The summed E-state index contributed by atoms with van der Waals surface area (Å²) in [4.78, 5) is 0. The van der Waals surface area contributed by atoms with Gasteiger partial charge in [-0.05, 0) is 30.5 Å². The van der Waals surface area contributed by atoms with E-state index < -0.39 is 6.10 Å². The highest BCUT2D eigenvalue weighted by Gasteiger charge is 2.27. The Hall–Kier alpha value is -2.01. The molecule has 2 unspecified atom stereocenters. The van der Waals surface area contributed by atoms with Crippen molar-refractivity contribution in [2.75, 3.05) is 6.61 Å². The van der Waals surface area contributed by atoms with Crippen LogP contribution in [0, 0.1) is 0 Å². The normalized spacial score (nSPS) is 18.8. The van der Waals surface area contributed by atoms with Crippen LogP contribution in [0.4, 0.5) is 0 Å². The van der Waals surface area contributed by atoms with Crippen molar-refractivity contribution in [3.05, 3.63) is 42.2 Å². The molecule has 0 saturated heterocycles. The first kappa shape index (κ1) is 13.0. The highest BCUT2D eigenvalue weighted by atomic mass is 16.6. The number of aromatic nitrogens is 2. The Labute approximate surface area is 117 Å². The maximum Gasteiger partial charge on any atom is 0.161 e. The predicted molar refractivity (Wildman–Crippen MR) is 73.9 cm³/mol. The lowest BCUT2D eigenvalue weighted by molar-refractivity contribution is -0.0133. The van der Waals surface area contributed by atoms with Crippen LogP contribution in [-0.2, 0) is 13.5 Å². The molecule has 5 heteroatoms. The summed E-state index contributed by atoms with van der Waals surface area (Å²) in [5, 5.41) is 14.4. The van der Waals surface area contributed by atoms with Crippen LogP contribution in [0.2, 0.25) is 0 Å². The molecule has 1 aromatic heterocycles. The number of aliphatic hydroxyl groups excluding tert-OH is 1. The zero-order valence-electron chi connectivity index (χ0n) is 11.4. The van der Waals surface area contributed by atoms with Crippen molar-refractivity contribution in [2.24, 2.45) is 7.05 Å². The summed E-state index contributed by atoms with van der Waals surface area (Å²) < 4.78 is 13.2. The van der Waals surface area contributed by atoms with Gasteiger partial charge in [-0.1, -0.05) is 12.1 Å². The summed E-state index contributed by atoms with van der Waals surface area (Å²) in [5.74, 6) is 1.44. The number of ether oxygens (including phenoxy) is 2. The fourth-order valence-corrected chi connectivity index (χ4v) is 2.33. The van der Waals surface area contributed by atoms with E-state index in [9.17, 15) is 5.11 Å². The summed E-state index contributed by atoms with van der Waals surface area (Å²) in [7, 11) is 1.88. The highest BCUT2D eigenvalue weighted by molar-refractivity contribution is 5.40. The first-order valence-corrected chi connectivity index (χ1v) is 6.76. The van der Waals surface area contributed by atoms with E-state index in [2.05, 4.69) is 5.10 Å². The maximum absolute atomic E-state index is 10.2. The third kappa shape index (κ3) is 2.77. The SMILES string of the molecule is Cn1cc(CCC(O)C2COc3ccccc3O2)cn1. The fraction of sp³-hybridized carbons (Fsp3) is 0.400. The number of rotatable bonds is 4. The van der Waals surface area contributed by atoms with Gasteiger partial charge in [-0.15, -0.1) is 0 Å². The van der Waals surface area contributed by atoms with E-state index in [1.807, 2.05) is 43.7 Å². The second-order valence-corrected chi connectivity index (χ2v) is 5.04. The molecule has 2 heterocycles. The summed E-state index contributed by atoms with van der Waals surface area (Å²) >= 11 is 0. The summed E-state index contributed by atoms with van der Waals surface area (Å²) in [5.41, 5.74) is 1.11. The zero-order chi connectivity index (χ0) is 13.9. The van der Waals surface area contributed by atoms with Crippen LogP contribution < -0.4 is 9.47 Å². The first-order chi connectivity index (χ1) is 9.72. The molecule has 0 bridgehead atoms. The number of benzene rings is 1. The molecule has 5 nitrogen and oxygen atoms in total. The van der Waals surface area contributed by atoms with E-state index >= 15 is 0 Å². The third-order valence-electron chi connectivity index (χ3n) is 3.45. The van der Waals surface area contributed by atoms with E-state index in [1.54, 1.807) is 4.68 Å². The average Bonchev–Trinajstić information content (AvgIpc) is 2.90. The lowest BCUT2D eigenvalue weighted by Crippen LogP contribution is -2.39. The number of para-hydroxylation sites is 2. The Bertz CT molecular complexity index is 582. The topological polar surface area (TPSA) is 56.5 Å². The lowest BCUT2D eigenvalue weighted by Gasteiger charge is -2.29. The van der Waals surface area contributed by atoms with E-state index in [4.69, 9.17) is 9.47 Å². The Kier molecular flexibility index (Phi) is 3.60. The molecule has 2 atom stereocenters. The van der Waals surface area contributed by atoms with Gasteiger partial charge >= 0.3 is 0 Å². The minimum atomic E-state index is -0.552. The fourth-order valence-electron chi connectivity index (χ4n) is 2.33. The minimum absolute atomic E-state index is 0.318. The van der Waals surface area contributed by atoms with Gasteiger partial charge in [-0.3, -0.25) is 4.68 Å². The average molecular weight is 274 g/mol. The molecular weight excluding hydrogens is 256 g/mol. The quantitative estimate of drug-likeness (QED) is 0.919. The molecule has 0 spiro atoms. The van der Waals surface area contributed by atoms with Gasteiger partial charge in [0.2, 0.25) is 0 Å². The van der Waals surface area contributed by atoms with E-state index in [1.165, 1.54) is 0 Å². The second-order valence-electron chi connectivity index (χ2n) is 5.04. The van der Waals surface area contributed by atoms with Crippen molar-refractivity contribution in [3.8, 4) is 11.5 Å². The number of aliphatic hydroxyl groups is 1. The van der Waals surface area contributed by atoms with E-state index in [0.717, 1.165) is 17.7 Å². The largest absolute Gasteiger partial charge is 0.486 e. The van der Waals surface area contributed by atoms with Crippen molar-refractivity contribution in [1.82, 2.24) is 9.78 Å². The van der Waals surface area contributed by atoms with Gasteiger partial charge in [-0.2, -0.15) is 5.10 Å². The Morgan fingerprint density at radius 3 is 2.95 bits per heavy atom. The van der Waals surface area contributed by atoms with Crippen LogP contribution in [0.25, 0.3) is 0 Å². The molecule has 0 fully saturated rings.